The maximum atomic E-state index is 12.2. The molecule has 1 N–H and O–H groups in total. The number of aliphatic hydroxyl groups excluding tert-OH is 1. The van der Waals surface area contributed by atoms with Gasteiger partial charge in [0.05, 0.1) is 6.61 Å². The van der Waals surface area contributed by atoms with Crippen molar-refractivity contribution in [2.45, 2.75) is 225 Å². The molecular formula is C45H82O5. The van der Waals surface area contributed by atoms with Crippen LogP contribution in [0.4, 0.5) is 0 Å². The van der Waals surface area contributed by atoms with Gasteiger partial charge in [0.15, 0.2) is 6.10 Å². The third-order valence-electron chi connectivity index (χ3n) is 9.45. The molecule has 0 aromatic heterocycles. The lowest BCUT2D eigenvalue weighted by Crippen LogP contribution is -2.28. The first-order chi connectivity index (χ1) is 24.6. The van der Waals surface area contributed by atoms with E-state index in [9.17, 15) is 14.7 Å². The van der Waals surface area contributed by atoms with Crippen LogP contribution in [0.25, 0.3) is 0 Å². The van der Waals surface area contributed by atoms with E-state index in [1.54, 1.807) is 0 Å². The first-order valence-electron chi connectivity index (χ1n) is 21.5. The molecule has 0 amide bonds. The zero-order valence-corrected chi connectivity index (χ0v) is 33.2. The zero-order chi connectivity index (χ0) is 36.4. The van der Waals surface area contributed by atoms with Gasteiger partial charge < -0.3 is 14.6 Å². The van der Waals surface area contributed by atoms with Crippen LogP contribution in [0.2, 0.25) is 0 Å². The van der Waals surface area contributed by atoms with E-state index in [-0.39, 0.29) is 25.2 Å². The molecule has 5 heteroatoms. The normalized spacial score (nSPS) is 12.5. The Labute approximate surface area is 310 Å². The fraction of sp³-hybridized carbons (Fsp3) is 0.822. The first-order valence-corrected chi connectivity index (χ1v) is 21.5. The number of carbonyl (C=O) groups is 2. The van der Waals surface area contributed by atoms with E-state index in [0.29, 0.717) is 12.8 Å². The molecule has 292 valence electrons. The lowest BCUT2D eigenvalue weighted by Gasteiger charge is -2.15. The van der Waals surface area contributed by atoms with Gasteiger partial charge in [0.1, 0.15) is 6.61 Å². The number of hydrogen-bond acceptors (Lipinski definition) is 5. The molecule has 0 spiro atoms. The Hall–Kier alpha value is -1.88. The summed E-state index contributed by atoms with van der Waals surface area (Å²) in [6, 6.07) is 0. The lowest BCUT2D eigenvalue weighted by molar-refractivity contribution is -0.161. The van der Waals surface area contributed by atoms with Crippen molar-refractivity contribution in [1.82, 2.24) is 0 Å². The third kappa shape index (κ3) is 38.9. The quantitative estimate of drug-likeness (QED) is 0.0392. The molecule has 1 atom stereocenters. The van der Waals surface area contributed by atoms with Gasteiger partial charge in [-0.05, 0) is 44.9 Å². The number of carbonyl (C=O) groups excluding carboxylic acids is 2. The number of hydrogen-bond donors (Lipinski definition) is 1. The van der Waals surface area contributed by atoms with Crippen molar-refractivity contribution in [2.24, 2.45) is 0 Å². The van der Waals surface area contributed by atoms with Crippen molar-refractivity contribution in [3.63, 3.8) is 0 Å². The standard InChI is InChI=1S/C45H82O5/c1-3-5-7-9-11-13-15-17-19-20-21-22-23-24-26-27-29-31-33-35-37-39-44(47)49-42-43(41-46)50-45(48)40-38-36-34-32-30-28-25-18-16-14-12-10-8-6-4-2/h6,8,12,14,18,25,43,46H,3-5,7,9-11,13,15-17,19-24,26-42H2,1-2H3. The second kappa shape index (κ2) is 41.5. The van der Waals surface area contributed by atoms with E-state index in [1.165, 1.54) is 122 Å². The van der Waals surface area contributed by atoms with E-state index in [1.807, 2.05) is 0 Å². The van der Waals surface area contributed by atoms with Gasteiger partial charge >= 0.3 is 11.9 Å². The highest BCUT2D eigenvalue weighted by atomic mass is 16.6. The Morgan fingerprint density at radius 2 is 0.860 bits per heavy atom. The zero-order valence-electron chi connectivity index (χ0n) is 33.2. The molecule has 0 heterocycles. The highest BCUT2D eigenvalue weighted by Crippen LogP contribution is 2.16. The molecule has 0 saturated heterocycles. The van der Waals surface area contributed by atoms with E-state index in [2.05, 4.69) is 50.3 Å². The molecule has 0 saturated carbocycles. The molecule has 0 aliphatic rings. The number of esters is 2. The highest BCUT2D eigenvalue weighted by molar-refractivity contribution is 5.70. The summed E-state index contributed by atoms with van der Waals surface area (Å²) in [7, 11) is 0. The summed E-state index contributed by atoms with van der Waals surface area (Å²) in [6.07, 6.45) is 50.8. The van der Waals surface area contributed by atoms with Crippen LogP contribution >= 0.6 is 0 Å². The molecular weight excluding hydrogens is 620 g/mol. The molecule has 0 aromatic carbocycles. The van der Waals surface area contributed by atoms with Crippen molar-refractivity contribution < 1.29 is 24.2 Å². The average molecular weight is 703 g/mol. The van der Waals surface area contributed by atoms with Crippen LogP contribution in [-0.4, -0.2) is 36.4 Å². The Balaban J connectivity index is 3.50. The van der Waals surface area contributed by atoms with Crippen molar-refractivity contribution in [1.29, 1.82) is 0 Å². The van der Waals surface area contributed by atoms with Gasteiger partial charge in [0.25, 0.3) is 0 Å². The van der Waals surface area contributed by atoms with Gasteiger partial charge in [-0.1, -0.05) is 198 Å². The van der Waals surface area contributed by atoms with Crippen molar-refractivity contribution in [3.05, 3.63) is 36.5 Å². The van der Waals surface area contributed by atoms with Gasteiger partial charge in [0.2, 0.25) is 0 Å². The van der Waals surface area contributed by atoms with Gasteiger partial charge in [-0.3, -0.25) is 9.59 Å². The molecule has 1 unspecified atom stereocenters. The third-order valence-corrected chi connectivity index (χ3v) is 9.45. The Morgan fingerprint density at radius 3 is 1.30 bits per heavy atom. The maximum absolute atomic E-state index is 12.2. The molecule has 0 aliphatic heterocycles. The minimum Gasteiger partial charge on any atom is -0.462 e. The van der Waals surface area contributed by atoms with Crippen molar-refractivity contribution in [2.75, 3.05) is 13.2 Å². The summed E-state index contributed by atoms with van der Waals surface area (Å²) < 4.78 is 10.6. The predicted molar refractivity (Wildman–Crippen MR) is 214 cm³/mol. The second-order valence-electron chi connectivity index (χ2n) is 14.4. The number of rotatable bonds is 39. The van der Waals surface area contributed by atoms with Crippen LogP contribution in [0.3, 0.4) is 0 Å². The summed E-state index contributed by atoms with van der Waals surface area (Å²) in [5.74, 6) is -0.603. The van der Waals surface area contributed by atoms with Gasteiger partial charge in [-0.2, -0.15) is 0 Å². The van der Waals surface area contributed by atoms with Gasteiger partial charge in [-0.25, -0.2) is 0 Å². The minimum atomic E-state index is -0.777. The summed E-state index contributed by atoms with van der Waals surface area (Å²) in [5, 5.41) is 9.57. The van der Waals surface area contributed by atoms with Crippen LogP contribution < -0.4 is 0 Å². The minimum absolute atomic E-state index is 0.0699. The Bertz CT molecular complexity index is 801. The summed E-state index contributed by atoms with van der Waals surface area (Å²) >= 11 is 0. The van der Waals surface area contributed by atoms with Gasteiger partial charge in [0, 0.05) is 12.8 Å². The highest BCUT2D eigenvalue weighted by Gasteiger charge is 2.16. The molecule has 5 nitrogen and oxygen atoms in total. The molecule has 0 aliphatic carbocycles. The summed E-state index contributed by atoms with van der Waals surface area (Å²) in [5.41, 5.74) is 0. The topological polar surface area (TPSA) is 72.8 Å². The monoisotopic (exact) mass is 703 g/mol. The fourth-order valence-electron chi connectivity index (χ4n) is 6.22. The molecule has 0 rings (SSSR count). The Morgan fingerprint density at radius 1 is 0.480 bits per heavy atom. The largest absolute Gasteiger partial charge is 0.462 e. The number of ether oxygens (including phenoxy) is 2. The predicted octanol–water partition coefficient (Wildman–Crippen LogP) is 13.6. The van der Waals surface area contributed by atoms with Crippen LogP contribution in [0.5, 0.6) is 0 Å². The average Bonchev–Trinajstić information content (AvgIpc) is 3.12. The Kier molecular flexibility index (Phi) is 40.0. The van der Waals surface area contributed by atoms with E-state index >= 15 is 0 Å². The summed E-state index contributed by atoms with van der Waals surface area (Å²) in [4.78, 5) is 24.3. The van der Waals surface area contributed by atoms with Gasteiger partial charge in [-0.15, -0.1) is 0 Å². The van der Waals surface area contributed by atoms with E-state index in [4.69, 9.17) is 9.47 Å². The molecule has 0 aromatic rings. The molecule has 0 fully saturated rings. The fourth-order valence-corrected chi connectivity index (χ4v) is 6.22. The smallest absolute Gasteiger partial charge is 0.306 e. The molecule has 0 bridgehead atoms. The van der Waals surface area contributed by atoms with Crippen LogP contribution in [0, 0.1) is 0 Å². The second-order valence-corrected chi connectivity index (χ2v) is 14.4. The van der Waals surface area contributed by atoms with Crippen LogP contribution in [0.1, 0.15) is 219 Å². The summed E-state index contributed by atoms with van der Waals surface area (Å²) in [6.45, 7) is 4.03. The van der Waals surface area contributed by atoms with Crippen molar-refractivity contribution in [3.8, 4) is 0 Å². The van der Waals surface area contributed by atoms with E-state index in [0.717, 1.165) is 70.6 Å². The molecule has 50 heavy (non-hydrogen) atoms. The lowest BCUT2D eigenvalue weighted by atomic mass is 10.0. The van der Waals surface area contributed by atoms with E-state index < -0.39 is 6.10 Å². The number of allylic oxidation sites excluding steroid dienone is 6. The first kappa shape index (κ1) is 48.1. The number of unbranched alkanes of at least 4 members (excludes halogenated alkanes) is 25. The van der Waals surface area contributed by atoms with Crippen LogP contribution in [-0.2, 0) is 19.1 Å². The molecule has 0 radical (unpaired) electrons. The SMILES string of the molecule is CCC=CCC=CCC=CCCCCCCCC(=O)OC(CO)COC(=O)CCCCCCCCCCCCCCCCCCCCCCC. The number of aliphatic hydroxyl groups is 1. The maximum Gasteiger partial charge on any atom is 0.306 e. The van der Waals surface area contributed by atoms with Crippen molar-refractivity contribution >= 4 is 11.9 Å². The van der Waals surface area contributed by atoms with Crippen LogP contribution in [0.15, 0.2) is 36.5 Å².